The lowest BCUT2D eigenvalue weighted by Crippen LogP contribution is -2.24. The minimum Gasteiger partial charge on any atom is -0.493 e. The Balaban J connectivity index is 2.09. The average molecular weight is 340 g/mol. The molecular weight excluding hydrogens is 321 g/mol. The summed E-state index contributed by atoms with van der Waals surface area (Å²) >= 11 is 5.68. The van der Waals surface area contributed by atoms with Crippen LogP contribution >= 0.6 is 11.6 Å². The number of aliphatic hydroxyl groups excluding tert-OH is 1. The van der Waals surface area contributed by atoms with Gasteiger partial charge >= 0.3 is 0 Å². The highest BCUT2D eigenvalue weighted by atomic mass is 35.5. The lowest BCUT2D eigenvalue weighted by Gasteiger charge is -2.18. The highest BCUT2D eigenvalue weighted by Gasteiger charge is 2.13. The Morgan fingerprint density at radius 3 is 2.48 bits per heavy atom. The van der Waals surface area contributed by atoms with E-state index >= 15 is 0 Å². The highest BCUT2D eigenvalue weighted by molar-refractivity contribution is 6.30. The van der Waals surface area contributed by atoms with Gasteiger partial charge in [0.05, 0.1) is 31.9 Å². The van der Waals surface area contributed by atoms with E-state index in [2.05, 4.69) is 5.32 Å². The van der Waals surface area contributed by atoms with Gasteiger partial charge in [0.2, 0.25) is 0 Å². The van der Waals surface area contributed by atoms with Crippen molar-refractivity contribution in [2.75, 3.05) is 20.8 Å². The second-order valence-electron chi connectivity index (χ2n) is 4.98. The molecule has 2 N–H and O–H groups in total. The van der Waals surface area contributed by atoms with Crippen LogP contribution in [0, 0.1) is 5.82 Å². The van der Waals surface area contributed by atoms with Crippen LogP contribution in [0.15, 0.2) is 36.4 Å². The number of ether oxygens (including phenoxy) is 2. The summed E-state index contributed by atoms with van der Waals surface area (Å²) < 4.78 is 24.0. The molecule has 124 valence electrons. The van der Waals surface area contributed by atoms with Crippen LogP contribution in [-0.2, 0) is 6.54 Å². The summed E-state index contributed by atoms with van der Waals surface area (Å²) in [4.78, 5) is 0. The van der Waals surface area contributed by atoms with Crippen LogP contribution in [0.4, 0.5) is 4.39 Å². The molecule has 1 atom stereocenters. The summed E-state index contributed by atoms with van der Waals surface area (Å²) in [6.45, 7) is 0.324. The molecule has 0 saturated carbocycles. The van der Waals surface area contributed by atoms with Crippen molar-refractivity contribution in [3.63, 3.8) is 0 Å². The maximum absolute atomic E-state index is 13.5. The van der Waals surface area contributed by atoms with E-state index in [1.54, 1.807) is 20.3 Å². The van der Waals surface area contributed by atoms with Crippen molar-refractivity contribution in [3.8, 4) is 11.5 Å². The fourth-order valence-corrected chi connectivity index (χ4v) is 2.37. The second kappa shape index (κ2) is 8.15. The first-order chi connectivity index (χ1) is 11.1. The van der Waals surface area contributed by atoms with E-state index in [9.17, 15) is 9.50 Å². The molecule has 2 aromatic carbocycles. The number of aliphatic hydroxyl groups is 1. The molecule has 1 unspecified atom stereocenters. The second-order valence-corrected chi connectivity index (χ2v) is 5.39. The SMILES string of the molecule is COc1ccc(CNC(CO)c2ccc(Cl)c(F)c2)cc1OC. The third-order valence-electron chi connectivity index (χ3n) is 3.53. The monoisotopic (exact) mass is 339 g/mol. The first-order valence-corrected chi connectivity index (χ1v) is 7.47. The first-order valence-electron chi connectivity index (χ1n) is 7.09. The average Bonchev–Trinajstić information content (AvgIpc) is 2.58. The summed E-state index contributed by atoms with van der Waals surface area (Å²) in [7, 11) is 3.15. The van der Waals surface area contributed by atoms with Crippen LogP contribution in [0.5, 0.6) is 11.5 Å². The summed E-state index contributed by atoms with van der Waals surface area (Å²) in [6, 6.07) is 9.65. The van der Waals surface area contributed by atoms with Gasteiger partial charge in [0.15, 0.2) is 11.5 Å². The lowest BCUT2D eigenvalue weighted by molar-refractivity contribution is 0.243. The van der Waals surface area contributed by atoms with E-state index in [4.69, 9.17) is 21.1 Å². The molecule has 6 heteroatoms. The molecule has 0 radical (unpaired) electrons. The zero-order valence-electron chi connectivity index (χ0n) is 13.0. The summed E-state index contributed by atoms with van der Waals surface area (Å²) in [6.07, 6.45) is 0. The molecule has 0 aromatic heterocycles. The van der Waals surface area contributed by atoms with Gasteiger partial charge in [-0.2, -0.15) is 0 Å². The number of methoxy groups -OCH3 is 2. The third kappa shape index (κ3) is 4.34. The zero-order chi connectivity index (χ0) is 16.8. The smallest absolute Gasteiger partial charge is 0.161 e. The number of rotatable bonds is 7. The molecular formula is C17H19ClFNO3. The maximum atomic E-state index is 13.5. The molecule has 0 bridgehead atoms. The zero-order valence-corrected chi connectivity index (χ0v) is 13.7. The Morgan fingerprint density at radius 2 is 1.87 bits per heavy atom. The highest BCUT2D eigenvalue weighted by Crippen LogP contribution is 2.28. The van der Waals surface area contributed by atoms with Crippen LogP contribution in [0.2, 0.25) is 5.02 Å². The Kier molecular flexibility index (Phi) is 6.21. The molecule has 4 nitrogen and oxygen atoms in total. The van der Waals surface area contributed by atoms with Crippen LogP contribution in [0.3, 0.4) is 0 Å². The largest absolute Gasteiger partial charge is 0.493 e. The predicted octanol–water partition coefficient (Wildman–Crippen LogP) is 3.32. The van der Waals surface area contributed by atoms with E-state index in [-0.39, 0.29) is 11.6 Å². The normalized spacial score (nSPS) is 12.0. The third-order valence-corrected chi connectivity index (χ3v) is 3.84. The van der Waals surface area contributed by atoms with Crippen molar-refractivity contribution in [1.82, 2.24) is 5.32 Å². The Hall–Kier alpha value is -1.82. The van der Waals surface area contributed by atoms with E-state index in [0.29, 0.717) is 23.6 Å². The Morgan fingerprint density at radius 1 is 1.13 bits per heavy atom. The van der Waals surface area contributed by atoms with E-state index in [0.717, 1.165) is 5.56 Å². The van der Waals surface area contributed by atoms with Crippen molar-refractivity contribution in [1.29, 1.82) is 0 Å². The molecule has 0 saturated heterocycles. The molecule has 0 aliphatic heterocycles. The molecule has 2 aromatic rings. The minimum atomic E-state index is -0.504. The molecule has 0 aliphatic carbocycles. The Labute approximate surface area is 139 Å². The number of benzene rings is 2. The van der Waals surface area contributed by atoms with Gasteiger partial charge < -0.3 is 19.9 Å². The van der Waals surface area contributed by atoms with Crippen LogP contribution in [0.1, 0.15) is 17.2 Å². The van der Waals surface area contributed by atoms with Crippen molar-refractivity contribution >= 4 is 11.6 Å². The summed E-state index contributed by atoms with van der Waals surface area (Å²) in [5.41, 5.74) is 1.59. The van der Waals surface area contributed by atoms with Gasteiger partial charge in [0, 0.05) is 6.54 Å². The number of nitrogens with one attached hydrogen (secondary N) is 1. The van der Waals surface area contributed by atoms with E-state index in [1.807, 2.05) is 18.2 Å². The predicted molar refractivity (Wildman–Crippen MR) is 87.6 cm³/mol. The molecule has 2 rings (SSSR count). The van der Waals surface area contributed by atoms with Gasteiger partial charge in [-0.1, -0.05) is 23.7 Å². The van der Waals surface area contributed by atoms with Gasteiger partial charge in [-0.05, 0) is 35.4 Å². The molecule has 0 heterocycles. The minimum absolute atomic E-state index is 0.0605. The molecule has 0 amide bonds. The van der Waals surface area contributed by atoms with Crippen LogP contribution in [0.25, 0.3) is 0 Å². The summed E-state index contributed by atoms with van der Waals surface area (Å²) in [5, 5.41) is 12.8. The first kappa shape index (κ1) is 17.5. The topological polar surface area (TPSA) is 50.7 Å². The van der Waals surface area contributed by atoms with Gasteiger partial charge in [0.25, 0.3) is 0 Å². The van der Waals surface area contributed by atoms with Crippen LogP contribution < -0.4 is 14.8 Å². The fraction of sp³-hybridized carbons (Fsp3) is 0.294. The van der Waals surface area contributed by atoms with Crippen molar-refractivity contribution < 1.29 is 19.0 Å². The molecule has 0 aliphatic rings. The van der Waals surface area contributed by atoms with Gasteiger partial charge in [-0.15, -0.1) is 0 Å². The lowest BCUT2D eigenvalue weighted by atomic mass is 10.1. The number of hydrogen-bond acceptors (Lipinski definition) is 4. The quantitative estimate of drug-likeness (QED) is 0.812. The maximum Gasteiger partial charge on any atom is 0.161 e. The van der Waals surface area contributed by atoms with Gasteiger partial charge in [-0.3, -0.25) is 0 Å². The standard InChI is InChI=1S/C17H19ClFNO3/c1-22-16-6-3-11(7-17(16)23-2)9-20-15(10-21)12-4-5-13(18)14(19)8-12/h3-8,15,20-21H,9-10H2,1-2H3. The fourth-order valence-electron chi connectivity index (χ4n) is 2.25. The molecule has 23 heavy (non-hydrogen) atoms. The molecule has 0 spiro atoms. The summed E-state index contributed by atoms with van der Waals surface area (Å²) in [5.74, 6) is 0.773. The van der Waals surface area contributed by atoms with Crippen molar-refractivity contribution in [2.24, 2.45) is 0 Å². The number of halogens is 2. The Bertz CT molecular complexity index is 666. The van der Waals surface area contributed by atoms with E-state index < -0.39 is 11.9 Å². The van der Waals surface area contributed by atoms with Gasteiger partial charge in [-0.25, -0.2) is 4.39 Å². The molecule has 0 fully saturated rings. The van der Waals surface area contributed by atoms with Crippen molar-refractivity contribution in [2.45, 2.75) is 12.6 Å². The van der Waals surface area contributed by atoms with Gasteiger partial charge in [0.1, 0.15) is 5.82 Å². The van der Waals surface area contributed by atoms with E-state index in [1.165, 1.54) is 12.1 Å². The van der Waals surface area contributed by atoms with Crippen molar-refractivity contribution in [3.05, 3.63) is 58.4 Å². The number of hydrogen-bond donors (Lipinski definition) is 2. The van der Waals surface area contributed by atoms with Crippen LogP contribution in [-0.4, -0.2) is 25.9 Å².